The van der Waals surface area contributed by atoms with Crippen molar-refractivity contribution in [2.45, 2.75) is 12.8 Å². The van der Waals surface area contributed by atoms with Gasteiger partial charge < -0.3 is 4.42 Å². The lowest BCUT2D eigenvalue weighted by Gasteiger charge is -2.15. The molecule has 6 heteroatoms. The number of carbonyl (C=O) groups is 1. The summed E-state index contributed by atoms with van der Waals surface area (Å²) in [5.74, 6) is 0.270. The fourth-order valence-corrected chi connectivity index (χ4v) is 2.82. The maximum Gasteiger partial charge on any atom is 0.289 e. The first-order valence-electron chi connectivity index (χ1n) is 7.35. The molecule has 1 aliphatic carbocycles. The lowest BCUT2D eigenvalue weighted by molar-refractivity contribution is 0.0949. The molecule has 0 saturated heterocycles. The fraction of sp³-hybridized carbons (Fsp3) is 0.118. The molecule has 23 heavy (non-hydrogen) atoms. The predicted octanol–water partition coefficient (Wildman–Crippen LogP) is 2.53. The summed E-state index contributed by atoms with van der Waals surface area (Å²) in [7, 11) is 0. The number of furan rings is 1. The van der Waals surface area contributed by atoms with Gasteiger partial charge in [0, 0.05) is 11.1 Å². The Hall–Kier alpha value is -3.15. The van der Waals surface area contributed by atoms with Gasteiger partial charge in [-0.1, -0.05) is 24.3 Å². The van der Waals surface area contributed by atoms with Crippen LogP contribution in [0.5, 0.6) is 0 Å². The van der Waals surface area contributed by atoms with Crippen molar-refractivity contribution in [1.29, 1.82) is 0 Å². The molecule has 0 unspecified atom stereocenters. The van der Waals surface area contributed by atoms with Crippen LogP contribution >= 0.6 is 0 Å². The van der Waals surface area contributed by atoms with Crippen LogP contribution in [0.25, 0.3) is 11.3 Å². The Morgan fingerprint density at radius 3 is 3.04 bits per heavy atom. The lowest BCUT2D eigenvalue weighted by atomic mass is 9.89. The van der Waals surface area contributed by atoms with E-state index in [2.05, 4.69) is 26.8 Å². The van der Waals surface area contributed by atoms with Crippen molar-refractivity contribution in [2.75, 3.05) is 0 Å². The maximum atomic E-state index is 12.3. The van der Waals surface area contributed by atoms with Crippen LogP contribution in [0.2, 0.25) is 0 Å². The number of nitrogens with zero attached hydrogens (tertiary/aromatic N) is 2. The maximum absolute atomic E-state index is 12.3. The fourth-order valence-electron chi connectivity index (χ4n) is 2.82. The highest BCUT2D eigenvalue weighted by atomic mass is 16.3. The van der Waals surface area contributed by atoms with Crippen molar-refractivity contribution in [1.82, 2.24) is 15.6 Å². The molecule has 114 valence electrons. The van der Waals surface area contributed by atoms with Gasteiger partial charge >= 0.3 is 0 Å². The molecule has 2 heterocycles. The van der Waals surface area contributed by atoms with E-state index in [1.807, 2.05) is 18.2 Å². The molecule has 2 N–H and O–H groups in total. The van der Waals surface area contributed by atoms with Crippen LogP contribution in [0.3, 0.4) is 0 Å². The third-order valence-corrected chi connectivity index (χ3v) is 3.91. The molecule has 4 rings (SSSR count). The van der Waals surface area contributed by atoms with E-state index in [1.54, 1.807) is 18.4 Å². The molecule has 1 aliphatic rings. The van der Waals surface area contributed by atoms with Crippen molar-refractivity contribution >= 4 is 12.1 Å². The Kier molecular flexibility index (Phi) is 3.27. The van der Waals surface area contributed by atoms with E-state index in [0.29, 0.717) is 11.5 Å². The summed E-state index contributed by atoms with van der Waals surface area (Å²) in [4.78, 5) is 12.3. The van der Waals surface area contributed by atoms with E-state index in [9.17, 15) is 4.79 Å². The Balaban J connectivity index is 1.57. The van der Waals surface area contributed by atoms with Crippen LogP contribution < -0.4 is 5.43 Å². The molecule has 0 atom stereocenters. The zero-order valence-electron chi connectivity index (χ0n) is 12.2. The smallest absolute Gasteiger partial charge is 0.289 e. The van der Waals surface area contributed by atoms with Crippen LogP contribution in [-0.4, -0.2) is 22.3 Å². The summed E-state index contributed by atoms with van der Waals surface area (Å²) in [5, 5.41) is 11.1. The number of benzene rings is 1. The number of aromatic amines is 1. The van der Waals surface area contributed by atoms with Crippen LogP contribution in [0, 0.1) is 0 Å². The van der Waals surface area contributed by atoms with Gasteiger partial charge in [0.15, 0.2) is 0 Å². The summed E-state index contributed by atoms with van der Waals surface area (Å²) in [5.41, 5.74) is 7.10. The Morgan fingerprint density at radius 2 is 2.17 bits per heavy atom. The molecule has 0 aliphatic heterocycles. The molecular formula is C17H14N4O2. The molecule has 0 spiro atoms. The highest BCUT2D eigenvalue weighted by Gasteiger charge is 2.24. The van der Waals surface area contributed by atoms with Crippen LogP contribution in [0.1, 0.15) is 27.4 Å². The zero-order chi connectivity index (χ0) is 15.6. The topological polar surface area (TPSA) is 83.3 Å². The average molecular weight is 306 g/mol. The summed E-state index contributed by atoms with van der Waals surface area (Å²) >= 11 is 0. The van der Waals surface area contributed by atoms with Crippen molar-refractivity contribution in [3.8, 4) is 11.3 Å². The van der Waals surface area contributed by atoms with E-state index in [4.69, 9.17) is 4.42 Å². The summed E-state index contributed by atoms with van der Waals surface area (Å²) in [6.07, 6.45) is 4.69. The third-order valence-electron chi connectivity index (χ3n) is 3.91. The number of nitrogens with one attached hydrogen (secondary N) is 2. The number of hydrogen-bond donors (Lipinski definition) is 2. The Labute approximate surface area is 132 Å². The first kappa shape index (κ1) is 13.5. The van der Waals surface area contributed by atoms with E-state index in [1.165, 1.54) is 11.8 Å². The molecule has 1 amide bonds. The second kappa shape index (κ2) is 5.57. The summed E-state index contributed by atoms with van der Waals surface area (Å²) < 4.78 is 5.11. The average Bonchev–Trinajstić information content (AvgIpc) is 3.24. The number of amides is 1. The second-order valence-corrected chi connectivity index (χ2v) is 5.30. The molecule has 0 fully saturated rings. The number of hydrazone groups is 1. The van der Waals surface area contributed by atoms with Crippen molar-refractivity contribution in [2.24, 2.45) is 5.10 Å². The number of carbonyl (C=O) groups excluding carboxylic acids is 1. The highest BCUT2D eigenvalue weighted by Crippen LogP contribution is 2.33. The summed E-state index contributed by atoms with van der Waals surface area (Å²) in [6, 6.07) is 11.6. The lowest BCUT2D eigenvalue weighted by Crippen LogP contribution is -2.20. The summed E-state index contributed by atoms with van der Waals surface area (Å²) in [6.45, 7) is 0. The quantitative estimate of drug-likeness (QED) is 0.576. The van der Waals surface area contributed by atoms with E-state index in [-0.39, 0.29) is 5.91 Å². The third kappa shape index (κ3) is 2.44. The first-order chi connectivity index (χ1) is 11.3. The molecule has 2 aromatic heterocycles. The van der Waals surface area contributed by atoms with Crippen molar-refractivity contribution in [3.05, 3.63) is 65.2 Å². The van der Waals surface area contributed by atoms with Gasteiger partial charge in [0.25, 0.3) is 5.91 Å². The van der Waals surface area contributed by atoms with E-state index < -0.39 is 0 Å². The van der Waals surface area contributed by atoms with Crippen LogP contribution in [-0.2, 0) is 12.8 Å². The number of aryl methyl sites for hydroxylation is 1. The second-order valence-electron chi connectivity index (χ2n) is 5.30. The normalized spacial score (nSPS) is 12.9. The van der Waals surface area contributed by atoms with Crippen molar-refractivity contribution in [3.63, 3.8) is 0 Å². The number of rotatable bonds is 3. The minimum Gasteiger partial charge on any atom is -0.463 e. The largest absolute Gasteiger partial charge is 0.463 e. The van der Waals surface area contributed by atoms with Gasteiger partial charge in [-0.15, -0.1) is 0 Å². The number of aromatic nitrogens is 2. The number of H-pyrrole nitrogens is 1. The molecular weight excluding hydrogens is 292 g/mol. The molecule has 1 aromatic carbocycles. The van der Waals surface area contributed by atoms with Gasteiger partial charge in [-0.05, 0) is 30.5 Å². The minimum absolute atomic E-state index is 0.305. The van der Waals surface area contributed by atoms with Gasteiger partial charge in [0.05, 0.1) is 18.2 Å². The van der Waals surface area contributed by atoms with Gasteiger partial charge in [-0.3, -0.25) is 9.89 Å². The molecule has 0 bridgehead atoms. The standard InChI is InChI=1S/C17H14N4O2/c22-17(21-18-10-12-5-3-9-23-12)16-14-8-7-11-4-1-2-6-13(11)15(14)19-20-16/h1-6,9-10H,7-8H2,(H,19,20)(H,21,22). The van der Waals surface area contributed by atoms with Crippen LogP contribution in [0.15, 0.2) is 52.2 Å². The molecule has 6 nitrogen and oxygen atoms in total. The SMILES string of the molecule is O=C(NN=Cc1ccco1)c1[nH]nc2c1CCc1ccccc1-2. The van der Waals surface area contributed by atoms with E-state index in [0.717, 1.165) is 29.7 Å². The van der Waals surface area contributed by atoms with Crippen LogP contribution in [0.4, 0.5) is 0 Å². The van der Waals surface area contributed by atoms with E-state index >= 15 is 0 Å². The first-order valence-corrected chi connectivity index (χ1v) is 7.35. The van der Waals surface area contributed by atoms with Gasteiger partial charge in [-0.2, -0.15) is 10.2 Å². The van der Waals surface area contributed by atoms with Gasteiger partial charge in [0.1, 0.15) is 11.5 Å². The Bertz CT molecular complexity index is 878. The molecule has 0 radical (unpaired) electrons. The monoisotopic (exact) mass is 306 g/mol. The Morgan fingerprint density at radius 1 is 1.26 bits per heavy atom. The predicted molar refractivity (Wildman–Crippen MR) is 85.2 cm³/mol. The van der Waals surface area contributed by atoms with Crippen molar-refractivity contribution < 1.29 is 9.21 Å². The molecule has 3 aromatic rings. The number of hydrogen-bond acceptors (Lipinski definition) is 4. The highest BCUT2D eigenvalue weighted by molar-refractivity contribution is 5.96. The minimum atomic E-state index is -0.305. The number of fused-ring (bicyclic) bond motifs is 3. The zero-order valence-corrected chi connectivity index (χ0v) is 12.2. The van der Waals surface area contributed by atoms with Gasteiger partial charge in [0.2, 0.25) is 0 Å². The molecule has 0 saturated carbocycles. The van der Waals surface area contributed by atoms with Gasteiger partial charge in [-0.25, -0.2) is 5.43 Å².